The van der Waals surface area contributed by atoms with Crippen molar-refractivity contribution in [1.82, 2.24) is 19.5 Å². The number of anilines is 2. The predicted octanol–water partition coefficient (Wildman–Crippen LogP) is -0.640. The van der Waals surface area contributed by atoms with E-state index in [1.54, 1.807) is 4.57 Å². The molecule has 0 amide bonds. The van der Waals surface area contributed by atoms with E-state index in [4.69, 9.17) is 21.9 Å². The summed E-state index contributed by atoms with van der Waals surface area (Å²) in [4.78, 5) is 12.1. The number of aliphatic hydroxyl groups is 1. The quantitative estimate of drug-likeness (QED) is 0.390. The molecule has 0 saturated carbocycles. The molecule has 7 N–H and O–H groups in total. The molecule has 1 fully saturated rings. The van der Waals surface area contributed by atoms with Crippen LogP contribution in [0.3, 0.4) is 0 Å². The SMILES string of the molecule is Nc1nc(N)c2ncn([C@H]3C[C@H](O)[C@@](N)(CI)O3)c2n1. The van der Waals surface area contributed by atoms with Crippen LogP contribution in [0.5, 0.6) is 0 Å². The van der Waals surface area contributed by atoms with Gasteiger partial charge in [-0.2, -0.15) is 9.97 Å². The Hall–Kier alpha value is -1.24. The Balaban J connectivity index is 2.04. The number of ether oxygens (including phenoxy) is 1. The summed E-state index contributed by atoms with van der Waals surface area (Å²) in [6, 6.07) is 0. The molecule has 0 spiro atoms. The zero-order valence-electron chi connectivity index (χ0n) is 10.4. The molecule has 108 valence electrons. The smallest absolute Gasteiger partial charge is 0.224 e. The third-order valence-electron chi connectivity index (χ3n) is 3.33. The monoisotopic (exact) mass is 391 g/mol. The largest absolute Gasteiger partial charge is 0.388 e. The number of aromatic nitrogens is 4. The fourth-order valence-corrected chi connectivity index (χ4v) is 2.92. The second-order valence-electron chi connectivity index (χ2n) is 4.70. The van der Waals surface area contributed by atoms with E-state index in [1.165, 1.54) is 6.33 Å². The number of nitrogens with zero attached hydrogens (tertiary/aromatic N) is 4. The van der Waals surface area contributed by atoms with Gasteiger partial charge in [-0.15, -0.1) is 0 Å². The van der Waals surface area contributed by atoms with Crippen LogP contribution in [-0.2, 0) is 4.74 Å². The Morgan fingerprint density at radius 1 is 1.50 bits per heavy atom. The Bertz CT molecular complexity index is 662. The second-order valence-corrected chi connectivity index (χ2v) is 5.47. The molecule has 1 saturated heterocycles. The number of imidazole rings is 1. The third kappa shape index (κ3) is 1.99. The molecule has 0 radical (unpaired) electrons. The molecule has 3 rings (SSSR count). The van der Waals surface area contributed by atoms with E-state index >= 15 is 0 Å². The molecule has 10 heteroatoms. The second kappa shape index (κ2) is 4.65. The Labute approximate surface area is 127 Å². The van der Waals surface area contributed by atoms with Crippen LogP contribution in [0.2, 0.25) is 0 Å². The molecular weight excluding hydrogens is 377 g/mol. The minimum absolute atomic E-state index is 0.0585. The number of aliphatic hydroxyl groups excluding tert-OH is 1. The van der Waals surface area contributed by atoms with Crippen LogP contribution in [0.4, 0.5) is 11.8 Å². The van der Waals surface area contributed by atoms with Crippen LogP contribution in [0.25, 0.3) is 11.2 Å². The van der Waals surface area contributed by atoms with Crippen LogP contribution in [0, 0.1) is 0 Å². The van der Waals surface area contributed by atoms with Crippen LogP contribution in [0.15, 0.2) is 6.33 Å². The highest BCUT2D eigenvalue weighted by molar-refractivity contribution is 14.1. The molecule has 0 aromatic carbocycles. The van der Waals surface area contributed by atoms with Gasteiger partial charge in [0.2, 0.25) is 5.95 Å². The van der Waals surface area contributed by atoms with Gasteiger partial charge in [0.05, 0.1) is 6.33 Å². The summed E-state index contributed by atoms with van der Waals surface area (Å²) in [6.45, 7) is 0. The molecular formula is C10H14IN7O2. The van der Waals surface area contributed by atoms with Gasteiger partial charge in [0.1, 0.15) is 17.8 Å². The predicted molar refractivity (Wildman–Crippen MR) is 80.7 cm³/mol. The normalized spacial score (nSPS) is 30.1. The summed E-state index contributed by atoms with van der Waals surface area (Å²) in [5.41, 5.74) is 17.2. The van der Waals surface area contributed by atoms with Gasteiger partial charge in [-0.05, 0) is 0 Å². The summed E-state index contributed by atoms with van der Waals surface area (Å²) >= 11 is 2.08. The molecule has 3 heterocycles. The fourth-order valence-electron chi connectivity index (χ4n) is 2.23. The molecule has 9 nitrogen and oxygen atoms in total. The van der Waals surface area contributed by atoms with Gasteiger partial charge >= 0.3 is 0 Å². The first-order valence-electron chi connectivity index (χ1n) is 5.91. The Morgan fingerprint density at radius 3 is 2.90 bits per heavy atom. The van der Waals surface area contributed by atoms with Crippen molar-refractivity contribution in [1.29, 1.82) is 0 Å². The van der Waals surface area contributed by atoms with E-state index < -0.39 is 18.1 Å². The van der Waals surface area contributed by atoms with Crippen molar-refractivity contribution < 1.29 is 9.84 Å². The van der Waals surface area contributed by atoms with Crippen molar-refractivity contribution in [2.45, 2.75) is 24.5 Å². The maximum Gasteiger partial charge on any atom is 0.224 e. The first-order valence-corrected chi connectivity index (χ1v) is 7.43. The first kappa shape index (κ1) is 13.7. The number of hydrogen-bond donors (Lipinski definition) is 4. The lowest BCUT2D eigenvalue weighted by atomic mass is 10.1. The maximum atomic E-state index is 10.0. The highest BCUT2D eigenvalue weighted by Gasteiger charge is 2.45. The number of nitrogen functional groups attached to an aromatic ring is 2. The number of halogens is 1. The van der Waals surface area contributed by atoms with Crippen LogP contribution in [-0.4, -0.2) is 40.9 Å². The standard InChI is InChI=1S/C10H14IN7O2/c11-2-10(14)4(19)1-5(20-10)18-3-15-6-7(12)16-9(13)17-8(6)18/h3-5,19H,1-2,14H2,(H4,12,13,16,17)/t4-,5+,10+/m0/s1. The third-order valence-corrected chi connectivity index (χ3v) is 4.52. The zero-order chi connectivity index (χ0) is 14.5. The van der Waals surface area contributed by atoms with E-state index in [1.807, 2.05) is 0 Å². The van der Waals surface area contributed by atoms with Gasteiger partial charge in [0.25, 0.3) is 0 Å². The fraction of sp³-hybridized carbons (Fsp3) is 0.500. The lowest BCUT2D eigenvalue weighted by Gasteiger charge is -2.24. The van der Waals surface area contributed by atoms with Gasteiger partial charge in [-0.25, -0.2) is 4.98 Å². The molecule has 0 aliphatic carbocycles. The summed E-state index contributed by atoms with van der Waals surface area (Å²) in [5, 5.41) is 10.0. The van der Waals surface area contributed by atoms with Gasteiger partial charge in [-0.3, -0.25) is 4.57 Å². The topological polar surface area (TPSA) is 151 Å². The van der Waals surface area contributed by atoms with Crippen molar-refractivity contribution in [2.75, 3.05) is 15.9 Å². The van der Waals surface area contributed by atoms with Crippen LogP contribution < -0.4 is 17.2 Å². The number of rotatable bonds is 2. The summed E-state index contributed by atoms with van der Waals surface area (Å²) in [6.07, 6.45) is 0.641. The van der Waals surface area contributed by atoms with E-state index in [-0.39, 0.29) is 11.8 Å². The zero-order valence-corrected chi connectivity index (χ0v) is 12.6. The molecule has 2 aromatic rings. The van der Waals surface area contributed by atoms with E-state index in [2.05, 4.69) is 37.5 Å². The minimum Gasteiger partial charge on any atom is -0.388 e. The highest BCUT2D eigenvalue weighted by atomic mass is 127. The van der Waals surface area contributed by atoms with Crippen molar-refractivity contribution in [3.05, 3.63) is 6.33 Å². The van der Waals surface area contributed by atoms with Crippen LogP contribution in [0.1, 0.15) is 12.6 Å². The van der Waals surface area contributed by atoms with Crippen LogP contribution >= 0.6 is 22.6 Å². The van der Waals surface area contributed by atoms with Gasteiger partial charge in [-0.1, -0.05) is 22.6 Å². The van der Waals surface area contributed by atoms with Crippen molar-refractivity contribution >= 4 is 45.5 Å². The number of alkyl halides is 1. The van der Waals surface area contributed by atoms with E-state index in [0.717, 1.165) is 0 Å². The number of hydrogen-bond acceptors (Lipinski definition) is 8. The number of fused-ring (bicyclic) bond motifs is 1. The van der Waals surface area contributed by atoms with E-state index in [9.17, 15) is 5.11 Å². The average molecular weight is 391 g/mol. The summed E-state index contributed by atoms with van der Waals surface area (Å²) in [7, 11) is 0. The van der Waals surface area contributed by atoms with Gasteiger partial charge < -0.3 is 27.0 Å². The van der Waals surface area contributed by atoms with Gasteiger partial charge in [0, 0.05) is 10.8 Å². The Kier molecular flexibility index (Phi) is 3.19. The van der Waals surface area contributed by atoms with Gasteiger partial charge in [0.15, 0.2) is 17.2 Å². The van der Waals surface area contributed by atoms with Crippen molar-refractivity contribution in [3.63, 3.8) is 0 Å². The molecule has 0 unspecified atom stereocenters. The average Bonchev–Trinajstić information content (AvgIpc) is 2.92. The lowest BCUT2D eigenvalue weighted by Crippen LogP contribution is -2.50. The van der Waals surface area contributed by atoms with E-state index in [0.29, 0.717) is 22.0 Å². The molecule has 2 aromatic heterocycles. The maximum absolute atomic E-state index is 10.0. The van der Waals surface area contributed by atoms with Crippen molar-refractivity contribution in [2.24, 2.45) is 5.73 Å². The molecule has 1 aliphatic heterocycles. The molecule has 0 bridgehead atoms. The summed E-state index contributed by atoms with van der Waals surface area (Å²) in [5.74, 6) is 0.265. The highest BCUT2D eigenvalue weighted by Crippen LogP contribution is 2.36. The number of nitrogens with two attached hydrogens (primary N) is 3. The molecule has 3 atom stereocenters. The van der Waals surface area contributed by atoms with Crippen molar-refractivity contribution in [3.8, 4) is 0 Å². The molecule has 20 heavy (non-hydrogen) atoms. The lowest BCUT2D eigenvalue weighted by molar-refractivity contribution is -0.0800. The summed E-state index contributed by atoms with van der Waals surface area (Å²) < 4.78 is 7.87. The Morgan fingerprint density at radius 2 is 2.25 bits per heavy atom. The molecule has 1 aliphatic rings. The first-order chi connectivity index (χ1) is 9.44. The minimum atomic E-state index is -1.08.